The van der Waals surface area contributed by atoms with E-state index in [9.17, 15) is 0 Å². The van der Waals surface area contributed by atoms with Gasteiger partial charge in [-0.25, -0.2) is 0 Å². The Balaban J connectivity index is 2.53. The van der Waals surface area contributed by atoms with Gasteiger partial charge in [-0.1, -0.05) is 26.7 Å². The largest absolute Gasteiger partial charge is 0.380 e. The minimum atomic E-state index is 0.199. The lowest BCUT2D eigenvalue weighted by atomic mass is 9.88. The fourth-order valence-electron chi connectivity index (χ4n) is 2.71. The summed E-state index contributed by atoms with van der Waals surface area (Å²) in [6.07, 6.45) is 5.51. The second-order valence-corrected chi connectivity index (χ2v) is 5.91. The molecule has 2 N–H and O–H groups in total. The average Bonchev–Trinajstić information content (AvgIpc) is 2.28. The Labute approximate surface area is 100 Å². The molecule has 3 nitrogen and oxygen atoms in total. The van der Waals surface area contributed by atoms with Gasteiger partial charge in [0.25, 0.3) is 0 Å². The monoisotopic (exact) mass is 228 g/mol. The van der Waals surface area contributed by atoms with Crippen LogP contribution < -0.4 is 5.73 Å². The molecule has 1 rings (SSSR count). The second kappa shape index (κ2) is 5.99. The van der Waals surface area contributed by atoms with Crippen LogP contribution in [0, 0.1) is 5.41 Å². The maximum Gasteiger partial charge on any atom is 0.0726 e. The first-order valence-electron chi connectivity index (χ1n) is 6.43. The van der Waals surface area contributed by atoms with Crippen molar-refractivity contribution in [3.63, 3.8) is 0 Å². The molecule has 0 saturated heterocycles. The third kappa shape index (κ3) is 3.72. The first-order valence-corrected chi connectivity index (χ1v) is 6.43. The molecule has 1 saturated carbocycles. The zero-order chi connectivity index (χ0) is 12.2. The Hall–Kier alpha value is -0.120. The SMILES string of the molecule is COC1CCCCC1N(C)CC(C)(C)CN. The van der Waals surface area contributed by atoms with E-state index >= 15 is 0 Å². The Kier molecular flexibility index (Phi) is 5.22. The second-order valence-electron chi connectivity index (χ2n) is 5.91. The Morgan fingerprint density at radius 1 is 1.31 bits per heavy atom. The van der Waals surface area contributed by atoms with E-state index in [0.29, 0.717) is 12.1 Å². The summed E-state index contributed by atoms with van der Waals surface area (Å²) < 4.78 is 5.60. The summed E-state index contributed by atoms with van der Waals surface area (Å²) in [5.74, 6) is 0. The van der Waals surface area contributed by atoms with Crippen LogP contribution in [-0.2, 0) is 4.74 Å². The van der Waals surface area contributed by atoms with Crippen molar-refractivity contribution in [1.82, 2.24) is 4.90 Å². The first kappa shape index (κ1) is 13.9. The van der Waals surface area contributed by atoms with Crippen molar-refractivity contribution in [2.75, 3.05) is 27.2 Å². The van der Waals surface area contributed by atoms with Crippen molar-refractivity contribution in [1.29, 1.82) is 0 Å². The van der Waals surface area contributed by atoms with Gasteiger partial charge in [0.15, 0.2) is 0 Å². The standard InChI is InChI=1S/C13H28N2O/c1-13(2,9-14)10-15(3)11-7-5-6-8-12(11)16-4/h11-12H,5-10,14H2,1-4H3. The van der Waals surface area contributed by atoms with Crippen molar-refractivity contribution >= 4 is 0 Å². The van der Waals surface area contributed by atoms with E-state index in [4.69, 9.17) is 10.5 Å². The van der Waals surface area contributed by atoms with E-state index in [0.717, 1.165) is 13.1 Å². The molecular formula is C13H28N2O. The van der Waals surface area contributed by atoms with Gasteiger partial charge in [-0.15, -0.1) is 0 Å². The molecule has 1 aliphatic carbocycles. The molecule has 16 heavy (non-hydrogen) atoms. The molecule has 0 bridgehead atoms. The van der Waals surface area contributed by atoms with Gasteiger partial charge in [0, 0.05) is 19.7 Å². The highest BCUT2D eigenvalue weighted by atomic mass is 16.5. The quantitative estimate of drug-likeness (QED) is 0.780. The maximum absolute atomic E-state index is 5.79. The Morgan fingerprint density at radius 3 is 2.50 bits per heavy atom. The van der Waals surface area contributed by atoms with Crippen LogP contribution in [-0.4, -0.2) is 44.3 Å². The topological polar surface area (TPSA) is 38.5 Å². The predicted octanol–water partition coefficient (Wildman–Crippen LogP) is 1.86. The summed E-state index contributed by atoms with van der Waals surface area (Å²) in [7, 11) is 4.05. The summed E-state index contributed by atoms with van der Waals surface area (Å²) >= 11 is 0. The number of nitrogens with zero attached hydrogens (tertiary/aromatic N) is 1. The summed E-state index contributed by atoms with van der Waals surface area (Å²) in [5.41, 5.74) is 5.99. The van der Waals surface area contributed by atoms with Crippen LogP contribution in [0.1, 0.15) is 39.5 Å². The molecule has 0 heterocycles. The molecule has 1 aliphatic rings. The van der Waals surface area contributed by atoms with Crippen LogP contribution in [0.25, 0.3) is 0 Å². The fourth-order valence-corrected chi connectivity index (χ4v) is 2.71. The minimum absolute atomic E-state index is 0.199. The lowest BCUT2D eigenvalue weighted by Gasteiger charge is -2.40. The predicted molar refractivity (Wildman–Crippen MR) is 68.5 cm³/mol. The summed E-state index contributed by atoms with van der Waals surface area (Å²) in [4.78, 5) is 2.44. The lowest BCUT2D eigenvalue weighted by Crippen LogP contribution is -2.48. The van der Waals surface area contributed by atoms with Gasteiger partial charge < -0.3 is 15.4 Å². The van der Waals surface area contributed by atoms with Crippen molar-refractivity contribution in [3.8, 4) is 0 Å². The summed E-state index contributed by atoms with van der Waals surface area (Å²) in [5, 5.41) is 0. The van der Waals surface area contributed by atoms with Gasteiger partial charge in [-0.05, 0) is 31.8 Å². The molecule has 0 aliphatic heterocycles. The van der Waals surface area contributed by atoms with E-state index < -0.39 is 0 Å². The van der Waals surface area contributed by atoms with Gasteiger partial charge >= 0.3 is 0 Å². The van der Waals surface area contributed by atoms with Gasteiger partial charge in [-0.3, -0.25) is 0 Å². The van der Waals surface area contributed by atoms with Crippen LogP contribution >= 0.6 is 0 Å². The number of methoxy groups -OCH3 is 1. The molecule has 0 radical (unpaired) electrons. The van der Waals surface area contributed by atoms with E-state index in [1.54, 1.807) is 0 Å². The van der Waals surface area contributed by atoms with E-state index in [1.807, 2.05) is 7.11 Å². The van der Waals surface area contributed by atoms with Crippen LogP contribution in [0.2, 0.25) is 0 Å². The van der Waals surface area contributed by atoms with Crippen LogP contribution in [0.15, 0.2) is 0 Å². The number of likely N-dealkylation sites (N-methyl/N-ethyl adjacent to an activating group) is 1. The van der Waals surface area contributed by atoms with Crippen LogP contribution in [0.4, 0.5) is 0 Å². The molecule has 0 aromatic carbocycles. The fraction of sp³-hybridized carbons (Fsp3) is 1.00. The normalized spacial score (nSPS) is 27.4. The van der Waals surface area contributed by atoms with Crippen molar-refractivity contribution in [2.45, 2.75) is 51.7 Å². The number of hydrogen-bond donors (Lipinski definition) is 1. The summed E-state index contributed by atoms with van der Waals surface area (Å²) in [6.45, 7) is 6.25. The number of ether oxygens (including phenoxy) is 1. The Morgan fingerprint density at radius 2 is 1.94 bits per heavy atom. The zero-order valence-electron chi connectivity index (χ0n) is 11.3. The zero-order valence-corrected chi connectivity index (χ0v) is 11.3. The van der Waals surface area contributed by atoms with Gasteiger partial charge in [0.1, 0.15) is 0 Å². The molecule has 0 spiro atoms. The summed E-state index contributed by atoms with van der Waals surface area (Å²) in [6, 6.07) is 0.574. The van der Waals surface area contributed by atoms with Crippen molar-refractivity contribution < 1.29 is 4.74 Å². The third-order valence-corrected chi connectivity index (χ3v) is 3.77. The van der Waals surface area contributed by atoms with Crippen molar-refractivity contribution in [3.05, 3.63) is 0 Å². The molecular weight excluding hydrogens is 200 g/mol. The molecule has 3 heteroatoms. The average molecular weight is 228 g/mol. The van der Waals surface area contributed by atoms with Crippen LogP contribution in [0.3, 0.4) is 0 Å². The Bertz CT molecular complexity index is 206. The smallest absolute Gasteiger partial charge is 0.0726 e. The molecule has 0 amide bonds. The molecule has 96 valence electrons. The third-order valence-electron chi connectivity index (χ3n) is 3.77. The van der Waals surface area contributed by atoms with Gasteiger partial charge in [0.2, 0.25) is 0 Å². The molecule has 0 aromatic heterocycles. The highest BCUT2D eigenvalue weighted by Gasteiger charge is 2.30. The highest BCUT2D eigenvalue weighted by molar-refractivity contribution is 4.85. The lowest BCUT2D eigenvalue weighted by molar-refractivity contribution is -0.0115. The molecule has 2 unspecified atom stereocenters. The van der Waals surface area contributed by atoms with E-state index in [2.05, 4.69) is 25.8 Å². The molecule has 2 atom stereocenters. The maximum atomic E-state index is 5.79. The van der Waals surface area contributed by atoms with Gasteiger partial charge in [0.05, 0.1) is 6.10 Å². The molecule has 0 aromatic rings. The highest BCUT2D eigenvalue weighted by Crippen LogP contribution is 2.26. The molecule has 1 fully saturated rings. The van der Waals surface area contributed by atoms with E-state index in [-0.39, 0.29) is 5.41 Å². The van der Waals surface area contributed by atoms with Crippen LogP contribution in [0.5, 0.6) is 0 Å². The number of rotatable bonds is 5. The van der Waals surface area contributed by atoms with Gasteiger partial charge in [-0.2, -0.15) is 0 Å². The first-order chi connectivity index (χ1) is 7.50. The number of hydrogen-bond acceptors (Lipinski definition) is 3. The minimum Gasteiger partial charge on any atom is -0.380 e. The number of nitrogens with two attached hydrogens (primary N) is 1. The van der Waals surface area contributed by atoms with E-state index in [1.165, 1.54) is 25.7 Å². The van der Waals surface area contributed by atoms with Crippen molar-refractivity contribution in [2.24, 2.45) is 11.1 Å².